The van der Waals surface area contributed by atoms with E-state index < -0.39 is 0 Å². The van der Waals surface area contributed by atoms with Gasteiger partial charge in [0.1, 0.15) is 11.2 Å². The molecule has 85 heavy (non-hydrogen) atoms. The minimum absolute atomic E-state index is 0.174. The largest absolute Gasteiger partial charge is 0.456 e. The highest BCUT2D eigenvalue weighted by Gasteiger charge is 2.38. The Morgan fingerprint density at radius 2 is 0.706 bits per heavy atom. The first-order chi connectivity index (χ1) is 41.9. The first-order valence-electron chi connectivity index (χ1n) is 29.5. The van der Waals surface area contributed by atoms with Crippen LogP contribution in [0.3, 0.4) is 0 Å². The zero-order chi connectivity index (χ0) is 56.1. The van der Waals surface area contributed by atoms with Gasteiger partial charge in [0.25, 0.3) is 0 Å². The highest BCUT2D eigenvalue weighted by Crippen LogP contribution is 2.53. The monoisotopic (exact) mass is 1080 g/mol. The van der Waals surface area contributed by atoms with E-state index in [4.69, 9.17) is 4.42 Å². The molecule has 0 radical (unpaired) electrons. The SMILES string of the molecule is CC1(C)c2ccccc2-c2ccc3c4cc(-c5ccc6oc7ccc(-c8ccc9c(c8)c8cc%10c(cc8n9-c8cc(-c9ccccc9)cc(-c9ccccc9)c8)c8ccccc8n%10-c8ccccc8)cc7c6c5)ccc4n(-c4ccccc4)c3c21. The summed E-state index contributed by atoms with van der Waals surface area (Å²) in [7, 11) is 0. The van der Waals surface area contributed by atoms with Crippen LogP contribution in [0.2, 0.25) is 0 Å². The number of hydrogen-bond acceptors (Lipinski definition) is 1. The molecule has 0 spiro atoms. The van der Waals surface area contributed by atoms with Gasteiger partial charge in [-0.3, -0.25) is 0 Å². The Labute approximate surface area is 490 Å². The van der Waals surface area contributed by atoms with E-state index in [1.165, 1.54) is 104 Å². The van der Waals surface area contributed by atoms with Gasteiger partial charge >= 0.3 is 0 Å². The highest BCUT2D eigenvalue weighted by atomic mass is 16.3. The molecule has 0 N–H and O–H groups in total. The maximum atomic E-state index is 6.67. The fraction of sp³-hybridized carbons (Fsp3) is 0.0370. The van der Waals surface area contributed by atoms with Crippen LogP contribution >= 0.6 is 0 Å². The Hall–Kier alpha value is -10.9. The van der Waals surface area contributed by atoms with Crippen molar-refractivity contribution >= 4 is 87.4 Å². The quantitative estimate of drug-likeness (QED) is 0.156. The van der Waals surface area contributed by atoms with Crippen molar-refractivity contribution in [3.05, 3.63) is 296 Å². The number of fused-ring (bicyclic) bond motifs is 16. The molecule has 18 rings (SSSR count). The molecule has 17 aromatic rings. The Morgan fingerprint density at radius 1 is 0.259 bits per heavy atom. The van der Waals surface area contributed by atoms with E-state index in [1.807, 2.05) is 0 Å². The zero-order valence-electron chi connectivity index (χ0n) is 46.9. The van der Waals surface area contributed by atoms with Crippen molar-refractivity contribution in [2.24, 2.45) is 0 Å². The molecule has 0 amide bonds. The Morgan fingerprint density at radius 3 is 1.32 bits per heavy atom. The van der Waals surface area contributed by atoms with E-state index in [1.54, 1.807) is 0 Å². The van der Waals surface area contributed by atoms with Gasteiger partial charge in [0.2, 0.25) is 0 Å². The van der Waals surface area contributed by atoms with Gasteiger partial charge in [-0.1, -0.05) is 190 Å². The van der Waals surface area contributed by atoms with Gasteiger partial charge < -0.3 is 18.1 Å². The van der Waals surface area contributed by atoms with Gasteiger partial charge in [0, 0.05) is 65.6 Å². The summed E-state index contributed by atoms with van der Waals surface area (Å²) in [6.07, 6.45) is 0. The Bertz CT molecular complexity index is 5540. The number of rotatable bonds is 7. The molecular weight excluding hydrogens is 1030 g/mol. The number of para-hydroxylation sites is 3. The maximum Gasteiger partial charge on any atom is 0.135 e. The van der Waals surface area contributed by atoms with E-state index in [-0.39, 0.29) is 5.41 Å². The summed E-state index contributed by atoms with van der Waals surface area (Å²) >= 11 is 0. The predicted octanol–water partition coefficient (Wildman–Crippen LogP) is 21.9. The van der Waals surface area contributed by atoms with Gasteiger partial charge in [0.15, 0.2) is 0 Å². The van der Waals surface area contributed by atoms with Crippen molar-refractivity contribution in [2.45, 2.75) is 19.3 Å². The van der Waals surface area contributed by atoms with Crippen LogP contribution in [0.5, 0.6) is 0 Å². The van der Waals surface area contributed by atoms with E-state index in [0.29, 0.717) is 0 Å². The normalized spacial score (nSPS) is 12.9. The molecule has 1 aliphatic rings. The van der Waals surface area contributed by atoms with Crippen LogP contribution in [0, 0.1) is 0 Å². The lowest BCUT2D eigenvalue weighted by Crippen LogP contribution is -2.16. The van der Waals surface area contributed by atoms with Gasteiger partial charge in [-0.15, -0.1) is 0 Å². The van der Waals surface area contributed by atoms with Crippen molar-refractivity contribution < 1.29 is 4.42 Å². The number of aromatic nitrogens is 3. The van der Waals surface area contributed by atoms with Crippen LogP contribution in [-0.4, -0.2) is 13.7 Å². The predicted molar refractivity (Wildman–Crippen MR) is 356 cm³/mol. The fourth-order valence-electron chi connectivity index (χ4n) is 14.7. The van der Waals surface area contributed by atoms with E-state index >= 15 is 0 Å². The summed E-state index contributed by atoms with van der Waals surface area (Å²) in [5, 5.41) is 9.51. The summed E-state index contributed by atoms with van der Waals surface area (Å²) < 4.78 is 14.1. The summed E-state index contributed by atoms with van der Waals surface area (Å²) in [5.41, 5.74) is 26.8. The van der Waals surface area contributed by atoms with Crippen molar-refractivity contribution in [2.75, 3.05) is 0 Å². The smallest absolute Gasteiger partial charge is 0.135 e. The van der Waals surface area contributed by atoms with Crippen molar-refractivity contribution in [3.63, 3.8) is 0 Å². The van der Waals surface area contributed by atoms with Gasteiger partial charge in [0.05, 0.1) is 33.1 Å². The first-order valence-corrected chi connectivity index (χ1v) is 29.5. The summed E-state index contributed by atoms with van der Waals surface area (Å²) in [4.78, 5) is 0. The lowest BCUT2D eigenvalue weighted by atomic mass is 9.81. The average molecular weight is 1080 g/mol. The standard InChI is InChI=1S/C81H53N3O/c1-81(2)71-29-17-15-27-61(71)63-35-36-64-65-44-52(32-38-74(65)84(80(64)79(63)81)59-25-13-6-14-26-59)54-33-39-77-69(46-54)70-47-55(34-40-78(70)85-77)53-31-37-73-66(45-53)68-49-75-67(62-28-16-18-30-72(62)82(75)58-23-11-5-12-24-58)48-76(68)83(73)60-42-56(50-19-7-3-8-20-50)41-57(43-60)51-21-9-4-10-22-51/h3-49H,1-2H3. The van der Waals surface area contributed by atoms with Gasteiger partial charge in [-0.2, -0.15) is 0 Å². The third-order valence-electron chi connectivity index (χ3n) is 18.6. The molecule has 398 valence electrons. The van der Waals surface area contributed by atoms with Gasteiger partial charge in [-0.25, -0.2) is 0 Å². The Balaban J connectivity index is 0.817. The highest BCUT2D eigenvalue weighted by molar-refractivity contribution is 6.20. The summed E-state index contributed by atoms with van der Waals surface area (Å²) in [6.45, 7) is 4.78. The molecule has 0 saturated heterocycles. The Kier molecular flexibility index (Phi) is 10.1. The number of hydrogen-bond donors (Lipinski definition) is 0. The molecule has 4 aromatic heterocycles. The second kappa shape index (κ2) is 18.0. The lowest BCUT2D eigenvalue weighted by molar-refractivity contribution is 0.664. The van der Waals surface area contributed by atoms with E-state index in [2.05, 4.69) is 313 Å². The zero-order valence-corrected chi connectivity index (χ0v) is 46.9. The van der Waals surface area contributed by atoms with Crippen LogP contribution < -0.4 is 0 Å². The molecule has 4 nitrogen and oxygen atoms in total. The lowest BCUT2D eigenvalue weighted by Gasteiger charge is -2.23. The fourth-order valence-corrected chi connectivity index (χ4v) is 14.7. The number of nitrogens with zero attached hydrogens (tertiary/aromatic N) is 3. The molecule has 0 fully saturated rings. The first kappa shape index (κ1) is 47.7. The molecule has 0 bridgehead atoms. The van der Waals surface area contributed by atoms with Crippen LogP contribution in [0.4, 0.5) is 0 Å². The van der Waals surface area contributed by atoms with Crippen LogP contribution in [0.25, 0.3) is 160 Å². The van der Waals surface area contributed by atoms with Gasteiger partial charge in [-0.05, 0) is 176 Å². The molecule has 4 heteroatoms. The van der Waals surface area contributed by atoms with E-state index in [9.17, 15) is 0 Å². The average Bonchev–Trinajstić information content (AvgIpc) is 1.74. The minimum Gasteiger partial charge on any atom is -0.456 e. The number of furan rings is 1. The number of benzene rings is 13. The maximum absolute atomic E-state index is 6.67. The third kappa shape index (κ3) is 7.09. The molecule has 1 aliphatic carbocycles. The van der Waals surface area contributed by atoms with Crippen molar-refractivity contribution in [3.8, 4) is 72.7 Å². The molecule has 0 unspecified atom stereocenters. The molecule has 0 aliphatic heterocycles. The van der Waals surface area contributed by atoms with Crippen molar-refractivity contribution in [1.29, 1.82) is 0 Å². The second-order valence-electron chi connectivity index (χ2n) is 23.6. The van der Waals surface area contributed by atoms with Crippen LogP contribution in [0.1, 0.15) is 25.0 Å². The summed E-state index contributed by atoms with van der Waals surface area (Å²) in [6, 6.07) is 105. The third-order valence-corrected chi connectivity index (χ3v) is 18.6. The molecular formula is C81H53N3O. The van der Waals surface area contributed by atoms with Crippen molar-refractivity contribution in [1.82, 2.24) is 13.7 Å². The topological polar surface area (TPSA) is 27.9 Å². The minimum atomic E-state index is -0.174. The van der Waals surface area contributed by atoms with E-state index in [0.717, 1.165) is 66.7 Å². The second-order valence-corrected chi connectivity index (χ2v) is 23.6. The summed E-state index contributed by atoms with van der Waals surface area (Å²) in [5.74, 6) is 0. The molecule has 0 saturated carbocycles. The molecule has 0 atom stereocenters. The van der Waals surface area contributed by atoms with Crippen LogP contribution in [-0.2, 0) is 5.41 Å². The molecule has 13 aromatic carbocycles. The van der Waals surface area contributed by atoms with Crippen LogP contribution in [0.15, 0.2) is 290 Å². The molecule has 4 heterocycles.